The van der Waals surface area contributed by atoms with Crippen LogP contribution in [0.1, 0.15) is 0 Å². The minimum Gasteiger partial charge on any atom is -0.325 e. The second-order valence-electron chi connectivity index (χ2n) is 7.19. The van der Waals surface area contributed by atoms with E-state index >= 15 is 0 Å². The van der Waals surface area contributed by atoms with Gasteiger partial charge in [0.15, 0.2) is 5.82 Å². The molecule has 0 bridgehead atoms. The van der Waals surface area contributed by atoms with Gasteiger partial charge in [-0.15, -0.1) is 5.10 Å². The zero-order valence-corrected chi connectivity index (χ0v) is 18.0. The third-order valence-corrected chi connectivity index (χ3v) is 5.85. The molecule has 0 aliphatic carbocycles. The third kappa shape index (κ3) is 4.26. The Hall–Kier alpha value is -3.90. The fourth-order valence-electron chi connectivity index (χ4n) is 3.53. The number of aromatic nitrogens is 3. The Morgan fingerprint density at radius 1 is 0.812 bits per heavy atom. The van der Waals surface area contributed by atoms with E-state index in [1.165, 1.54) is 11.8 Å². The van der Waals surface area contributed by atoms with Crippen molar-refractivity contribution in [3.63, 3.8) is 0 Å². The van der Waals surface area contributed by atoms with Gasteiger partial charge in [-0.2, -0.15) is 0 Å². The predicted molar refractivity (Wildman–Crippen MR) is 130 cm³/mol. The molecule has 1 aromatic heterocycles. The molecular formula is C26H20N4OS. The van der Waals surface area contributed by atoms with E-state index in [1.807, 2.05) is 108 Å². The SMILES string of the molecule is O=C(CSc1nc(-c2ccccc2)n(-c2ccccc2)n1)Nc1cccc2ccccc12. The van der Waals surface area contributed by atoms with Gasteiger partial charge in [0.2, 0.25) is 11.1 Å². The van der Waals surface area contributed by atoms with Crippen LogP contribution >= 0.6 is 11.8 Å². The molecule has 4 aromatic carbocycles. The molecule has 5 aromatic rings. The van der Waals surface area contributed by atoms with Crippen LogP contribution < -0.4 is 5.32 Å². The smallest absolute Gasteiger partial charge is 0.234 e. The van der Waals surface area contributed by atoms with Crippen LogP contribution in [-0.4, -0.2) is 26.4 Å². The molecule has 156 valence electrons. The number of rotatable bonds is 6. The number of hydrogen-bond acceptors (Lipinski definition) is 4. The maximum atomic E-state index is 12.7. The number of carbonyl (C=O) groups is 1. The molecule has 5 rings (SSSR count). The van der Waals surface area contributed by atoms with Crippen LogP contribution in [0.25, 0.3) is 27.8 Å². The highest BCUT2D eigenvalue weighted by Crippen LogP contribution is 2.26. The molecule has 1 amide bonds. The topological polar surface area (TPSA) is 59.8 Å². The van der Waals surface area contributed by atoms with Crippen LogP contribution in [0.3, 0.4) is 0 Å². The van der Waals surface area contributed by atoms with Crippen molar-refractivity contribution in [2.24, 2.45) is 0 Å². The van der Waals surface area contributed by atoms with Crippen LogP contribution in [-0.2, 0) is 4.79 Å². The fourth-order valence-corrected chi connectivity index (χ4v) is 4.15. The summed E-state index contributed by atoms with van der Waals surface area (Å²) >= 11 is 1.32. The summed E-state index contributed by atoms with van der Waals surface area (Å²) in [5, 5.41) is 10.4. The summed E-state index contributed by atoms with van der Waals surface area (Å²) in [6.07, 6.45) is 0. The number of fused-ring (bicyclic) bond motifs is 1. The largest absolute Gasteiger partial charge is 0.325 e. The first-order valence-electron chi connectivity index (χ1n) is 10.3. The van der Waals surface area contributed by atoms with Crippen LogP contribution in [0.5, 0.6) is 0 Å². The number of thioether (sulfide) groups is 1. The Morgan fingerprint density at radius 3 is 2.31 bits per heavy atom. The summed E-state index contributed by atoms with van der Waals surface area (Å²) in [7, 11) is 0. The zero-order valence-electron chi connectivity index (χ0n) is 17.2. The summed E-state index contributed by atoms with van der Waals surface area (Å²) in [5.74, 6) is 0.869. The van der Waals surface area contributed by atoms with E-state index < -0.39 is 0 Å². The van der Waals surface area contributed by atoms with E-state index in [4.69, 9.17) is 4.98 Å². The molecule has 0 saturated heterocycles. The van der Waals surface area contributed by atoms with Crippen molar-refractivity contribution in [1.29, 1.82) is 0 Å². The summed E-state index contributed by atoms with van der Waals surface area (Å²) < 4.78 is 1.82. The van der Waals surface area contributed by atoms with Gasteiger partial charge < -0.3 is 5.32 Å². The van der Waals surface area contributed by atoms with Crippen LogP contribution in [0.4, 0.5) is 5.69 Å². The molecule has 0 atom stereocenters. The standard InChI is InChI=1S/C26H20N4OS/c31-24(27-23-17-9-13-19-10-7-8-16-22(19)23)18-32-26-28-25(20-11-3-1-4-12-20)30(29-26)21-14-5-2-6-15-21/h1-17H,18H2,(H,27,31). The van der Waals surface area contributed by atoms with Crippen LogP contribution in [0, 0.1) is 0 Å². The van der Waals surface area contributed by atoms with Gasteiger partial charge in [-0.1, -0.05) is 96.7 Å². The minimum atomic E-state index is -0.0938. The molecule has 0 aliphatic heterocycles. The molecule has 1 N–H and O–H groups in total. The first-order chi connectivity index (χ1) is 15.8. The number of amides is 1. The average molecular weight is 437 g/mol. The van der Waals surface area contributed by atoms with E-state index in [-0.39, 0.29) is 11.7 Å². The van der Waals surface area contributed by atoms with E-state index in [0.717, 1.165) is 33.5 Å². The predicted octanol–water partition coefficient (Wildman–Crippen LogP) is 5.82. The molecule has 5 nitrogen and oxygen atoms in total. The summed E-state index contributed by atoms with van der Waals surface area (Å²) in [5.41, 5.74) is 2.70. The second-order valence-corrected chi connectivity index (χ2v) is 8.14. The number of hydrogen-bond donors (Lipinski definition) is 1. The molecule has 0 spiro atoms. The highest BCUT2D eigenvalue weighted by Gasteiger charge is 2.15. The lowest BCUT2D eigenvalue weighted by Gasteiger charge is -2.08. The lowest BCUT2D eigenvalue weighted by atomic mass is 10.1. The first kappa shape index (κ1) is 20.0. The van der Waals surface area contributed by atoms with Gasteiger partial charge in [-0.05, 0) is 23.6 Å². The molecule has 32 heavy (non-hydrogen) atoms. The lowest BCUT2D eigenvalue weighted by Crippen LogP contribution is -2.14. The van der Waals surface area contributed by atoms with Gasteiger partial charge in [-0.25, -0.2) is 9.67 Å². The van der Waals surface area contributed by atoms with Gasteiger partial charge in [0.25, 0.3) is 0 Å². The Bertz CT molecular complexity index is 1300. The highest BCUT2D eigenvalue weighted by atomic mass is 32.2. The van der Waals surface area contributed by atoms with Crippen molar-refractivity contribution in [2.75, 3.05) is 11.1 Å². The van der Waals surface area contributed by atoms with Gasteiger partial charge in [0.1, 0.15) is 0 Å². The molecule has 0 aliphatic rings. The number of nitrogens with zero attached hydrogens (tertiary/aromatic N) is 3. The monoisotopic (exact) mass is 436 g/mol. The lowest BCUT2D eigenvalue weighted by molar-refractivity contribution is -0.113. The Morgan fingerprint density at radius 2 is 1.50 bits per heavy atom. The van der Waals surface area contributed by atoms with E-state index in [1.54, 1.807) is 0 Å². The van der Waals surface area contributed by atoms with E-state index in [2.05, 4.69) is 10.4 Å². The molecule has 0 radical (unpaired) electrons. The summed E-state index contributed by atoms with van der Waals surface area (Å²) in [6.45, 7) is 0. The maximum Gasteiger partial charge on any atom is 0.234 e. The zero-order chi connectivity index (χ0) is 21.8. The summed E-state index contributed by atoms with van der Waals surface area (Å²) in [4.78, 5) is 17.4. The highest BCUT2D eigenvalue weighted by molar-refractivity contribution is 7.99. The molecule has 0 unspecified atom stereocenters. The number of nitrogens with one attached hydrogen (secondary N) is 1. The van der Waals surface area contributed by atoms with Crippen molar-refractivity contribution < 1.29 is 4.79 Å². The number of para-hydroxylation sites is 1. The second kappa shape index (κ2) is 9.08. The Labute approximate surface area is 190 Å². The number of carbonyl (C=O) groups excluding carboxylic acids is 1. The maximum absolute atomic E-state index is 12.7. The van der Waals surface area contributed by atoms with Crippen molar-refractivity contribution in [3.8, 4) is 17.1 Å². The van der Waals surface area contributed by atoms with Crippen molar-refractivity contribution >= 4 is 34.1 Å². The van der Waals surface area contributed by atoms with Crippen LogP contribution in [0.15, 0.2) is 108 Å². The van der Waals surface area contributed by atoms with Gasteiger partial charge in [0, 0.05) is 16.6 Å². The molecule has 6 heteroatoms. The van der Waals surface area contributed by atoms with Gasteiger partial charge in [0.05, 0.1) is 11.4 Å². The molecule has 0 fully saturated rings. The summed E-state index contributed by atoms with van der Waals surface area (Å²) in [6, 6.07) is 33.7. The fraction of sp³-hybridized carbons (Fsp3) is 0.0385. The number of benzene rings is 4. The average Bonchev–Trinajstić information content (AvgIpc) is 3.29. The Kier molecular flexibility index (Phi) is 5.68. The Balaban J connectivity index is 1.36. The first-order valence-corrected chi connectivity index (χ1v) is 11.2. The molecule has 1 heterocycles. The van der Waals surface area contributed by atoms with Crippen molar-refractivity contribution in [2.45, 2.75) is 5.16 Å². The van der Waals surface area contributed by atoms with Gasteiger partial charge in [-0.3, -0.25) is 4.79 Å². The quantitative estimate of drug-likeness (QED) is 0.341. The van der Waals surface area contributed by atoms with E-state index in [0.29, 0.717) is 5.16 Å². The normalized spacial score (nSPS) is 10.9. The van der Waals surface area contributed by atoms with Crippen LogP contribution in [0.2, 0.25) is 0 Å². The van der Waals surface area contributed by atoms with Crippen molar-refractivity contribution in [3.05, 3.63) is 103 Å². The van der Waals surface area contributed by atoms with Gasteiger partial charge >= 0.3 is 0 Å². The minimum absolute atomic E-state index is 0.0938. The van der Waals surface area contributed by atoms with Crippen molar-refractivity contribution in [1.82, 2.24) is 14.8 Å². The third-order valence-electron chi connectivity index (χ3n) is 5.02. The van der Waals surface area contributed by atoms with E-state index in [9.17, 15) is 4.79 Å². The number of anilines is 1. The molecular weight excluding hydrogens is 416 g/mol. The molecule has 0 saturated carbocycles.